The molecule has 10 heteroatoms. The predicted octanol–water partition coefficient (Wildman–Crippen LogP) is 2.46. The van der Waals surface area contributed by atoms with Gasteiger partial charge in [-0.2, -0.15) is 13.2 Å². The first-order valence-electron chi connectivity index (χ1n) is 5.51. The Morgan fingerprint density at radius 3 is 2.52 bits per heavy atom. The quantitative estimate of drug-likeness (QED) is 0.493. The smallest absolute Gasteiger partial charge is 0.441 e. The van der Waals surface area contributed by atoms with Crippen LogP contribution in [0, 0.1) is 0 Å². The lowest BCUT2D eigenvalue weighted by molar-refractivity contribution is -0.0327. The van der Waals surface area contributed by atoms with Crippen molar-refractivity contribution in [2.75, 3.05) is 17.6 Å². The predicted molar refractivity (Wildman–Crippen MR) is 70.6 cm³/mol. The molecule has 1 aromatic rings. The highest BCUT2D eigenvalue weighted by Gasteiger charge is 2.27. The van der Waals surface area contributed by atoms with Crippen molar-refractivity contribution in [1.29, 1.82) is 0 Å². The fraction of sp³-hybridized carbons (Fsp3) is 0.273. The molecule has 0 spiro atoms. The molecule has 0 aliphatic rings. The molecule has 1 rings (SSSR count). The first-order valence-corrected chi connectivity index (χ1v) is 6.50. The van der Waals surface area contributed by atoms with Gasteiger partial charge in [0, 0.05) is 12.3 Å². The second kappa shape index (κ2) is 7.07. The van der Waals surface area contributed by atoms with Crippen LogP contribution >= 0.6 is 11.8 Å². The van der Waals surface area contributed by atoms with E-state index in [1.807, 2.05) is 0 Å². The number of amides is 2. The Morgan fingerprint density at radius 2 is 1.95 bits per heavy atom. The van der Waals surface area contributed by atoms with Gasteiger partial charge >= 0.3 is 17.5 Å². The zero-order valence-corrected chi connectivity index (χ0v) is 11.2. The van der Waals surface area contributed by atoms with Crippen LogP contribution in [0.5, 0.6) is 5.75 Å². The summed E-state index contributed by atoms with van der Waals surface area (Å²) in [6.45, 7) is -0.241. The van der Waals surface area contributed by atoms with E-state index in [9.17, 15) is 27.9 Å². The van der Waals surface area contributed by atoms with Crippen LogP contribution in [0.1, 0.15) is 10.4 Å². The normalized spacial score (nSPS) is 11.0. The Labute approximate surface area is 121 Å². The highest BCUT2D eigenvalue weighted by molar-refractivity contribution is 8.00. The van der Waals surface area contributed by atoms with Crippen LogP contribution in [0.4, 0.5) is 23.7 Å². The average Bonchev–Trinajstić information content (AvgIpc) is 2.36. The lowest BCUT2D eigenvalue weighted by Crippen LogP contribution is -2.31. The van der Waals surface area contributed by atoms with Crippen LogP contribution in [0.25, 0.3) is 0 Å². The Balaban J connectivity index is 2.52. The van der Waals surface area contributed by atoms with Crippen LogP contribution in [0.2, 0.25) is 0 Å². The van der Waals surface area contributed by atoms with Gasteiger partial charge in [-0.3, -0.25) is 0 Å². The number of hydrogen-bond acceptors (Lipinski definition) is 4. The van der Waals surface area contributed by atoms with Crippen molar-refractivity contribution in [1.82, 2.24) is 5.32 Å². The van der Waals surface area contributed by atoms with E-state index in [4.69, 9.17) is 5.11 Å². The number of alkyl halides is 3. The lowest BCUT2D eigenvalue weighted by atomic mass is 10.2. The molecule has 0 atom stereocenters. The number of aromatic hydroxyl groups is 1. The summed E-state index contributed by atoms with van der Waals surface area (Å²) in [5.74, 6) is -2.37. The summed E-state index contributed by atoms with van der Waals surface area (Å²) in [5.41, 5.74) is -4.93. The molecular formula is C11H11F3N2O4S. The molecule has 0 unspecified atom stereocenters. The summed E-state index contributed by atoms with van der Waals surface area (Å²) < 4.78 is 35.5. The van der Waals surface area contributed by atoms with E-state index >= 15 is 0 Å². The molecule has 6 nitrogen and oxygen atoms in total. The molecule has 2 amide bonds. The summed E-state index contributed by atoms with van der Waals surface area (Å²) >= 11 is -0.278. The van der Waals surface area contributed by atoms with E-state index in [0.29, 0.717) is 0 Å². The number of carbonyl (C=O) groups excluding carboxylic acids is 1. The molecule has 116 valence electrons. The standard InChI is InChI=1S/C11H11F3N2O4S/c12-11(13,14)21-5-4-15-10(20)16-7-3-1-2-6(8(7)17)9(18)19/h1-3,17H,4-5H2,(H,18,19)(H2,15,16,20). The van der Waals surface area contributed by atoms with Crippen molar-refractivity contribution < 1.29 is 33.0 Å². The van der Waals surface area contributed by atoms with E-state index in [2.05, 4.69) is 10.6 Å². The zero-order chi connectivity index (χ0) is 16.0. The third-order valence-electron chi connectivity index (χ3n) is 2.17. The Bertz CT molecular complexity index is 537. The van der Waals surface area contributed by atoms with E-state index in [0.717, 1.165) is 6.07 Å². The number of anilines is 1. The molecule has 0 radical (unpaired) electrons. The molecule has 0 heterocycles. The maximum atomic E-state index is 11.8. The number of carboxylic acid groups (broad SMARTS) is 1. The lowest BCUT2D eigenvalue weighted by Gasteiger charge is -2.10. The largest absolute Gasteiger partial charge is 0.505 e. The summed E-state index contributed by atoms with van der Waals surface area (Å²) in [5, 5.41) is 22.7. The second-order valence-electron chi connectivity index (χ2n) is 3.68. The van der Waals surface area contributed by atoms with E-state index in [1.54, 1.807) is 0 Å². The van der Waals surface area contributed by atoms with Crippen LogP contribution in [-0.4, -0.2) is 40.0 Å². The van der Waals surface area contributed by atoms with Gasteiger partial charge in [-0.25, -0.2) is 9.59 Å². The maximum absolute atomic E-state index is 11.8. The molecule has 0 saturated carbocycles. The van der Waals surface area contributed by atoms with E-state index in [1.165, 1.54) is 12.1 Å². The minimum absolute atomic E-state index is 0.157. The van der Waals surface area contributed by atoms with Gasteiger partial charge in [0.15, 0.2) is 5.75 Å². The first-order chi connectivity index (χ1) is 9.70. The number of carbonyl (C=O) groups is 2. The van der Waals surface area contributed by atoms with Gasteiger partial charge < -0.3 is 20.8 Å². The average molecular weight is 324 g/mol. The molecule has 0 fully saturated rings. The third kappa shape index (κ3) is 5.81. The molecule has 21 heavy (non-hydrogen) atoms. The van der Waals surface area contributed by atoms with Gasteiger partial charge in [-0.1, -0.05) is 6.07 Å². The maximum Gasteiger partial charge on any atom is 0.441 e. The molecular weight excluding hydrogens is 313 g/mol. The molecule has 0 bridgehead atoms. The van der Waals surface area contributed by atoms with Crippen molar-refractivity contribution in [3.63, 3.8) is 0 Å². The summed E-state index contributed by atoms with van der Waals surface area (Å²) in [7, 11) is 0. The number of urea groups is 1. The van der Waals surface area contributed by atoms with Gasteiger partial charge in [-0.05, 0) is 23.9 Å². The van der Waals surface area contributed by atoms with E-state index in [-0.39, 0.29) is 29.7 Å². The Kier molecular flexibility index (Phi) is 5.70. The van der Waals surface area contributed by atoms with Crippen molar-refractivity contribution in [2.45, 2.75) is 5.51 Å². The monoisotopic (exact) mass is 324 g/mol. The zero-order valence-electron chi connectivity index (χ0n) is 10.4. The number of carboxylic acids is 1. The Morgan fingerprint density at radius 1 is 1.29 bits per heavy atom. The molecule has 1 aromatic carbocycles. The van der Waals surface area contributed by atoms with Crippen molar-refractivity contribution in [2.24, 2.45) is 0 Å². The number of rotatable bonds is 5. The van der Waals surface area contributed by atoms with Crippen molar-refractivity contribution >= 4 is 29.4 Å². The molecule has 0 aliphatic heterocycles. The molecule has 4 N–H and O–H groups in total. The Hall–Kier alpha value is -2.10. The van der Waals surface area contributed by atoms with E-state index < -0.39 is 28.8 Å². The summed E-state index contributed by atoms with van der Waals surface area (Å²) in [4.78, 5) is 22.2. The fourth-order valence-electron chi connectivity index (χ4n) is 1.31. The van der Waals surface area contributed by atoms with Gasteiger partial charge in [-0.15, -0.1) is 0 Å². The second-order valence-corrected chi connectivity index (χ2v) is 4.84. The van der Waals surface area contributed by atoms with Gasteiger partial charge in [0.2, 0.25) is 0 Å². The minimum atomic E-state index is -4.37. The number of phenols is 1. The number of thioether (sulfide) groups is 1. The minimum Gasteiger partial charge on any atom is -0.505 e. The summed E-state index contributed by atoms with van der Waals surface area (Å²) in [6, 6.07) is 2.85. The molecule has 0 saturated heterocycles. The first kappa shape index (κ1) is 17.0. The fourth-order valence-corrected chi connectivity index (χ4v) is 1.75. The molecule has 0 aromatic heterocycles. The third-order valence-corrected chi connectivity index (χ3v) is 2.90. The number of benzene rings is 1. The summed E-state index contributed by atoms with van der Waals surface area (Å²) in [6.07, 6.45) is 0. The number of aromatic carboxylic acids is 1. The van der Waals surface area contributed by atoms with Crippen LogP contribution in [0.15, 0.2) is 18.2 Å². The van der Waals surface area contributed by atoms with Crippen molar-refractivity contribution in [3.05, 3.63) is 23.8 Å². The van der Waals surface area contributed by atoms with Gasteiger partial charge in [0.05, 0.1) is 5.69 Å². The van der Waals surface area contributed by atoms with Crippen LogP contribution in [0.3, 0.4) is 0 Å². The highest BCUT2D eigenvalue weighted by atomic mass is 32.2. The molecule has 0 aliphatic carbocycles. The van der Waals surface area contributed by atoms with Crippen LogP contribution in [-0.2, 0) is 0 Å². The van der Waals surface area contributed by atoms with Gasteiger partial charge in [0.1, 0.15) is 5.56 Å². The van der Waals surface area contributed by atoms with Crippen LogP contribution < -0.4 is 10.6 Å². The van der Waals surface area contributed by atoms with Gasteiger partial charge in [0.25, 0.3) is 0 Å². The topological polar surface area (TPSA) is 98.7 Å². The van der Waals surface area contributed by atoms with Crippen molar-refractivity contribution in [3.8, 4) is 5.75 Å². The number of nitrogens with one attached hydrogen (secondary N) is 2. The highest BCUT2D eigenvalue weighted by Crippen LogP contribution is 2.29. The number of halogens is 3. The number of hydrogen-bond donors (Lipinski definition) is 4. The number of para-hydroxylation sites is 1. The SMILES string of the molecule is O=C(NCCSC(F)(F)F)Nc1cccc(C(=O)O)c1O.